The first-order valence-corrected chi connectivity index (χ1v) is 12.2. The fraction of sp³-hybridized carbons (Fsp3) is 0.233. The Morgan fingerprint density at radius 1 is 1.00 bits per heavy atom. The van der Waals surface area contributed by atoms with Crippen molar-refractivity contribution in [2.45, 2.75) is 25.8 Å². The van der Waals surface area contributed by atoms with Crippen molar-refractivity contribution >= 4 is 22.9 Å². The number of ether oxygens (including phenoxy) is 1. The smallest absolute Gasteiger partial charge is 0.266 e. The lowest BCUT2D eigenvalue weighted by Gasteiger charge is -2.31. The lowest BCUT2D eigenvalue weighted by atomic mass is 10.1. The van der Waals surface area contributed by atoms with Crippen LogP contribution in [0.15, 0.2) is 95.8 Å². The Balaban J connectivity index is 1.83. The fourth-order valence-corrected chi connectivity index (χ4v) is 4.37. The molecular formula is C30H31N3O3. The van der Waals surface area contributed by atoms with Crippen molar-refractivity contribution in [2.75, 3.05) is 20.3 Å². The molecule has 0 fully saturated rings. The number of carbonyl (C=O) groups excluding carboxylic acids is 1. The molecule has 6 nitrogen and oxygen atoms in total. The number of hydrogen-bond donors (Lipinski definition) is 0. The van der Waals surface area contributed by atoms with E-state index in [1.165, 1.54) is 0 Å². The summed E-state index contributed by atoms with van der Waals surface area (Å²) < 4.78 is 6.91. The summed E-state index contributed by atoms with van der Waals surface area (Å²) in [6, 6.07) is 26.1. The summed E-state index contributed by atoms with van der Waals surface area (Å²) >= 11 is 0. The molecule has 0 aliphatic carbocycles. The Morgan fingerprint density at radius 2 is 1.67 bits per heavy atom. The molecule has 0 radical (unpaired) electrons. The van der Waals surface area contributed by atoms with Gasteiger partial charge < -0.3 is 9.64 Å². The molecule has 1 unspecified atom stereocenters. The van der Waals surface area contributed by atoms with E-state index in [0.29, 0.717) is 42.7 Å². The van der Waals surface area contributed by atoms with Crippen LogP contribution in [-0.4, -0.2) is 40.6 Å². The monoisotopic (exact) mass is 481 g/mol. The Hall–Kier alpha value is -4.03. The molecule has 0 N–H and O–H groups in total. The van der Waals surface area contributed by atoms with Crippen molar-refractivity contribution in [2.24, 2.45) is 0 Å². The van der Waals surface area contributed by atoms with Crippen LogP contribution in [0.5, 0.6) is 0 Å². The van der Waals surface area contributed by atoms with E-state index in [1.807, 2.05) is 91.9 Å². The van der Waals surface area contributed by atoms with E-state index in [9.17, 15) is 9.59 Å². The number of hydrogen-bond acceptors (Lipinski definition) is 4. The maximum atomic E-state index is 13.7. The molecule has 0 saturated heterocycles. The van der Waals surface area contributed by atoms with Crippen LogP contribution in [0.2, 0.25) is 0 Å². The van der Waals surface area contributed by atoms with Crippen LogP contribution >= 0.6 is 0 Å². The number of carbonyl (C=O) groups is 1. The third-order valence-corrected chi connectivity index (χ3v) is 6.13. The number of rotatable bonds is 10. The Morgan fingerprint density at radius 3 is 2.36 bits per heavy atom. The zero-order chi connectivity index (χ0) is 25.3. The number of nitrogens with zero attached hydrogens (tertiary/aromatic N) is 3. The van der Waals surface area contributed by atoms with Gasteiger partial charge in [-0.05, 0) is 48.7 Å². The van der Waals surface area contributed by atoms with Crippen LogP contribution in [0.3, 0.4) is 0 Å². The molecule has 36 heavy (non-hydrogen) atoms. The summed E-state index contributed by atoms with van der Waals surface area (Å²) in [6.07, 6.45) is 4.67. The zero-order valence-electron chi connectivity index (χ0n) is 20.7. The Kier molecular flexibility index (Phi) is 8.42. The van der Waals surface area contributed by atoms with E-state index in [2.05, 4.69) is 0 Å². The van der Waals surface area contributed by atoms with Gasteiger partial charge in [-0.15, -0.1) is 0 Å². The quantitative estimate of drug-likeness (QED) is 0.224. The van der Waals surface area contributed by atoms with E-state index in [-0.39, 0.29) is 11.5 Å². The van der Waals surface area contributed by atoms with Crippen molar-refractivity contribution in [1.82, 2.24) is 14.5 Å². The number of aromatic nitrogens is 2. The minimum absolute atomic E-state index is 0.135. The van der Waals surface area contributed by atoms with Crippen LogP contribution in [0, 0.1) is 0 Å². The van der Waals surface area contributed by atoms with E-state index in [1.54, 1.807) is 28.7 Å². The van der Waals surface area contributed by atoms with Gasteiger partial charge in [0.1, 0.15) is 5.82 Å². The average molecular weight is 482 g/mol. The van der Waals surface area contributed by atoms with Crippen molar-refractivity contribution in [1.29, 1.82) is 0 Å². The first-order chi connectivity index (χ1) is 17.6. The second kappa shape index (κ2) is 12.1. The molecule has 0 bridgehead atoms. The van der Waals surface area contributed by atoms with E-state index in [0.717, 1.165) is 11.3 Å². The van der Waals surface area contributed by atoms with Gasteiger partial charge in [-0.1, -0.05) is 67.6 Å². The summed E-state index contributed by atoms with van der Waals surface area (Å²) in [4.78, 5) is 34.0. The summed E-state index contributed by atoms with van der Waals surface area (Å²) in [5.41, 5.74) is 2.13. The van der Waals surface area contributed by atoms with Crippen LogP contribution in [0.1, 0.15) is 37.2 Å². The molecule has 184 valence electrons. The molecule has 0 aliphatic heterocycles. The number of benzene rings is 3. The highest BCUT2D eigenvalue weighted by molar-refractivity contribution is 5.92. The fourth-order valence-electron chi connectivity index (χ4n) is 4.37. The van der Waals surface area contributed by atoms with Gasteiger partial charge in [-0.25, -0.2) is 4.98 Å². The average Bonchev–Trinajstić information content (AvgIpc) is 2.92. The summed E-state index contributed by atoms with van der Waals surface area (Å²) in [5, 5.41) is 0.543. The number of para-hydroxylation sites is 2. The third kappa shape index (κ3) is 5.61. The van der Waals surface area contributed by atoms with Crippen molar-refractivity contribution < 1.29 is 9.53 Å². The normalized spacial score (nSPS) is 12.2. The van der Waals surface area contributed by atoms with E-state index >= 15 is 0 Å². The molecule has 0 aliphatic rings. The van der Waals surface area contributed by atoms with Gasteiger partial charge in [0.2, 0.25) is 5.91 Å². The second-order valence-corrected chi connectivity index (χ2v) is 8.51. The van der Waals surface area contributed by atoms with Crippen LogP contribution < -0.4 is 5.56 Å². The van der Waals surface area contributed by atoms with Crippen molar-refractivity contribution in [3.8, 4) is 5.69 Å². The zero-order valence-corrected chi connectivity index (χ0v) is 20.7. The first-order valence-electron chi connectivity index (χ1n) is 12.2. The number of amides is 1. The lowest BCUT2D eigenvalue weighted by Crippen LogP contribution is -2.38. The van der Waals surface area contributed by atoms with Gasteiger partial charge in [0.05, 0.1) is 22.6 Å². The third-order valence-electron chi connectivity index (χ3n) is 6.13. The standard InChI is InChI=1S/C30H31N3O3/c1-3-27(32(21-12-22-36-2)28(34)20-19-23-13-6-4-7-14-23)29-31-26-18-11-10-17-25(26)30(35)33(29)24-15-8-5-9-16-24/h4-11,13-20,27H,3,12,21-22H2,1-2H3. The number of methoxy groups -OCH3 is 1. The van der Waals surface area contributed by atoms with Gasteiger partial charge in [0, 0.05) is 26.3 Å². The Labute approximate surface area is 211 Å². The van der Waals surface area contributed by atoms with Gasteiger partial charge in [0.25, 0.3) is 5.56 Å². The highest BCUT2D eigenvalue weighted by Gasteiger charge is 2.28. The molecule has 1 heterocycles. The lowest BCUT2D eigenvalue weighted by molar-refractivity contribution is -0.128. The predicted octanol–water partition coefficient (Wildman–Crippen LogP) is 5.42. The molecule has 3 aromatic carbocycles. The molecular weight excluding hydrogens is 450 g/mol. The maximum Gasteiger partial charge on any atom is 0.266 e. The molecule has 1 amide bonds. The van der Waals surface area contributed by atoms with Crippen molar-refractivity contribution in [3.05, 3.63) is 113 Å². The van der Waals surface area contributed by atoms with Crippen LogP contribution in [-0.2, 0) is 9.53 Å². The molecule has 4 aromatic rings. The van der Waals surface area contributed by atoms with Crippen LogP contribution in [0.4, 0.5) is 0 Å². The Bertz CT molecular complexity index is 1380. The molecule has 1 aromatic heterocycles. The molecule has 0 spiro atoms. The summed E-state index contributed by atoms with van der Waals surface area (Å²) in [7, 11) is 1.65. The predicted molar refractivity (Wildman–Crippen MR) is 144 cm³/mol. The van der Waals surface area contributed by atoms with Crippen molar-refractivity contribution in [3.63, 3.8) is 0 Å². The molecule has 1 atom stereocenters. The minimum Gasteiger partial charge on any atom is -0.385 e. The summed E-state index contributed by atoms with van der Waals surface area (Å²) in [6.45, 7) is 3.01. The highest BCUT2D eigenvalue weighted by Crippen LogP contribution is 2.26. The van der Waals surface area contributed by atoms with E-state index < -0.39 is 6.04 Å². The SMILES string of the molecule is CCC(c1nc2ccccc2c(=O)n1-c1ccccc1)N(CCCOC)C(=O)C=Cc1ccccc1. The summed E-state index contributed by atoms with van der Waals surface area (Å²) in [5.74, 6) is 0.412. The topological polar surface area (TPSA) is 64.4 Å². The number of fused-ring (bicyclic) bond motifs is 1. The molecule has 0 saturated carbocycles. The van der Waals surface area contributed by atoms with Gasteiger partial charge >= 0.3 is 0 Å². The minimum atomic E-state index is -0.410. The van der Waals surface area contributed by atoms with Crippen LogP contribution in [0.25, 0.3) is 22.7 Å². The highest BCUT2D eigenvalue weighted by atomic mass is 16.5. The van der Waals surface area contributed by atoms with Gasteiger partial charge in [-0.2, -0.15) is 0 Å². The molecule has 6 heteroatoms. The second-order valence-electron chi connectivity index (χ2n) is 8.51. The maximum absolute atomic E-state index is 13.7. The first kappa shape index (κ1) is 25.1. The molecule has 4 rings (SSSR count). The van der Waals surface area contributed by atoms with Gasteiger partial charge in [0.15, 0.2) is 0 Å². The van der Waals surface area contributed by atoms with Gasteiger partial charge in [-0.3, -0.25) is 14.2 Å². The largest absolute Gasteiger partial charge is 0.385 e. The van der Waals surface area contributed by atoms with E-state index in [4.69, 9.17) is 9.72 Å².